The SMILES string of the molecule is Cl.O=C(c1ccc2c(c1)CCN2)N1CCN(Cc2cccnc2)CC1. The molecule has 1 N–H and O–H groups in total. The maximum atomic E-state index is 12.7. The van der Waals surface area contributed by atoms with Crippen LogP contribution in [0.5, 0.6) is 0 Å². The molecular weight excluding hydrogens is 336 g/mol. The van der Waals surface area contributed by atoms with Crippen LogP contribution in [0.4, 0.5) is 5.69 Å². The Kier molecular flexibility index (Phi) is 5.56. The van der Waals surface area contributed by atoms with Crippen molar-refractivity contribution in [2.75, 3.05) is 38.0 Å². The van der Waals surface area contributed by atoms with Crippen LogP contribution in [0.1, 0.15) is 21.5 Å². The number of nitrogens with one attached hydrogen (secondary N) is 1. The van der Waals surface area contributed by atoms with Crippen molar-refractivity contribution >= 4 is 24.0 Å². The second-order valence-corrected chi connectivity index (χ2v) is 6.48. The van der Waals surface area contributed by atoms with E-state index in [1.54, 1.807) is 6.20 Å². The molecule has 4 rings (SSSR count). The molecule has 1 aromatic carbocycles. The number of piperazine rings is 1. The van der Waals surface area contributed by atoms with E-state index in [1.807, 2.05) is 29.3 Å². The van der Waals surface area contributed by atoms with Gasteiger partial charge in [-0.3, -0.25) is 14.7 Å². The average molecular weight is 359 g/mol. The van der Waals surface area contributed by atoms with E-state index in [4.69, 9.17) is 0 Å². The third-order valence-corrected chi connectivity index (χ3v) is 4.85. The summed E-state index contributed by atoms with van der Waals surface area (Å²) in [5.41, 5.74) is 4.48. The number of rotatable bonds is 3. The van der Waals surface area contributed by atoms with Crippen LogP contribution in [0.3, 0.4) is 0 Å². The van der Waals surface area contributed by atoms with Crippen LogP contribution in [-0.2, 0) is 13.0 Å². The molecule has 2 aliphatic rings. The van der Waals surface area contributed by atoms with Crippen molar-refractivity contribution in [3.8, 4) is 0 Å². The lowest BCUT2D eigenvalue weighted by Crippen LogP contribution is -2.48. The average Bonchev–Trinajstić information content (AvgIpc) is 3.10. The van der Waals surface area contributed by atoms with Crippen molar-refractivity contribution in [1.82, 2.24) is 14.8 Å². The number of fused-ring (bicyclic) bond motifs is 1. The monoisotopic (exact) mass is 358 g/mol. The minimum Gasteiger partial charge on any atom is -0.384 e. The number of hydrogen-bond donors (Lipinski definition) is 1. The van der Waals surface area contributed by atoms with Crippen LogP contribution in [0.2, 0.25) is 0 Å². The molecule has 1 amide bonds. The summed E-state index contributed by atoms with van der Waals surface area (Å²) >= 11 is 0. The number of carbonyl (C=O) groups excluding carboxylic acids is 1. The Hall–Kier alpha value is -2.11. The van der Waals surface area contributed by atoms with E-state index >= 15 is 0 Å². The van der Waals surface area contributed by atoms with Crippen LogP contribution in [-0.4, -0.2) is 53.4 Å². The smallest absolute Gasteiger partial charge is 0.253 e. The molecule has 2 aromatic rings. The Balaban J connectivity index is 0.00000182. The lowest BCUT2D eigenvalue weighted by molar-refractivity contribution is 0.0628. The van der Waals surface area contributed by atoms with Gasteiger partial charge in [0.1, 0.15) is 0 Å². The van der Waals surface area contributed by atoms with Crippen LogP contribution in [0, 0.1) is 0 Å². The number of nitrogens with zero attached hydrogens (tertiary/aromatic N) is 3. The third-order valence-electron chi connectivity index (χ3n) is 4.85. The zero-order valence-electron chi connectivity index (χ0n) is 14.1. The lowest BCUT2D eigenvalue weighted by atomic mass is 10.1. The number of anilines is 1. The van der Waals surface area contributed by atoms with E-state index in [1.165, 1.54) is 16.8 Å². The van der Waals surface area contributed by atoms with E-state index in [-0.39, 0.29) is 18.3 Å². The molecule has 5 nitrogen and oxygen atoms in total. The number of amides is 1. The van der Waals surface area contributed by atoms with Gasteiger partial charge in [0, 0.05) is 62.9 Å². The number of benzene rings is 1. The molecule has 1 saturated heterocycles. The van der Waals surface area contributed by atoms with Gasteiger partial charge >= 0.3 is 0 Å². The van der Waals surface area contributed by atoms with Gasteiger partial charge in [0.2, 0.25) is 0 Å². The Bertz CT molecular complexity index is 729. The summed E-state index contributed by atoms with van der Waals surface area (Å²) in [7, 11) is 0. The van der Waals surface area contributed by atoms with Gasteiger partial charge in [-0.15, -0.1) is 12.4 Å². The van der Waals surface area contributed by atoms with Gasteiger partial charge in [0.05, 0.1) is 0 Å². The molecular formula is C19H23ClN4O. The second kappa shape index (κ2) is 7.85. The molecule has 3 heterocycles. The molecule has 0 radical (unpaired) electrons. The van der Waals surface area contributed by atoms with Crippen LogP contribution >= 0.6 is 12.4 Å². The molecule has 2 aliphatic heterocycles. The summed E-state index contributed by atoms with van der Waals surface area (Å²) in [5, 5.41) is 3.34. The minimum absolute atomic E-state index is 0. The number of hydrogen-bond acceptors (Lipinski definition) is 4. The van der Waals surface area contributed by atoms with Crippen LogP contribution in [0.15, 0.2) is 42.7 Å². The summed E-state index contributed by atoms with van der Waals surface area (Å²) in [6.07, 6.45) is 4.72. The van der Waals surface area contributed by atoms with Gasteiger partial charge in [-0.2, -0.15) is 0 Å². The topological polar surface area (TPSA) is 48.5 Å². The van der Waals surface area contributed by atoms with E-state index in [9.17, 15) is 4.79 Å². The molecule has 132 valence electrons. The number of aromatic nitrogens is 1. The highest BCUT2D eigenvalue weighted by molar-refractivity contribution is 5.95. The van der Waals surface area contributed by atoms with Crippen molar-refractivity contribution in [2.45, 2.75) is 13.0 Å². The number of pyridine rings is 1. The predicted molar refractivity (Wildman–Crippen MR) is 101 cm³/mol. The third kappa shape index (κ3) is 3.94. The Morgan fingerprint density at radius 2 is 2.00 bits per heavy atom. The summed E-state index contributed by atoms with van der Waals surface area (Å²) in [6.45, 7) is 5.27. The Labute approximate surface area is 154 Å². The molecule has 0 bridgehead atoms. The maximum Gasteiger partial charge on any atom is 0.253 e. The molecule has 0 spiro atoms. The highest BCUT2D eigenvalue weighted by Gasteiger charge is 2.23. The summed E-state index contributed by atoms with van der Waals surface area (Å²) < 4.78 is 0. The number of carbonyl (C=O) groups is 1. The fourth-order valence-electron chi connectivity index (χ4n) is 3.48. The van der Waals surface area contributed by atoms with Crippen LogP contribution < -0.4 is 5.32 Å². The van der Waals surface area contributed by atoms with Gasteiger partial charge in [-0.1, -0.05) is 6.07 Å². The second-order valence-electron chi connectivity index (χ2n) is 6.48. The molecule has 25 heavy (non-hydrogen) atoms. The lowest BCUT2D eigenvalue weighted by Gasteiger charge is -2.34. The van der Waals surface area contributed by atoms with E-state index in [2.05, 4.69) is 27.3 Å². The summed E-state index contributed by atoms with van der Waals surface area (Å²) in [6, 6.07) is 10.1. The molecule has 0 atom stereocenters. The standard InChI is InChI=1S/C19H22N4O.ClH/c24-19(17-3-4-18-16(12-17)5-7-21-18)23-10-8-22(9-11-23)14-15-2-1-6-20-13-15;/h1-4,6,12-13,21H,5,7-11,14H2;1H. The summed E-state index contributed by atoms with van der Waals surface area (Å²) in [4.78, 5) is 21.3. The first-order valence-electron chi connectivity index (χ1n) is 8.57. The van der Waals surface area contributed by atoms with Gasteiger partial charge < -0.3 is 10.2 Å². The highest BCUT2D eigenvalue weighted by Crippen LogP contribution is 2.24. The largest absolute Gasteiger partial charge is 0.384 e. The normalized spacial score (nSPS) is 16.7. The molecule has 1 aromatic heterocycles. The molecule has 0 unspecified atom stereocenters. The Morgan fingerprint density at radius 1 is 1.16 bits per heavy atom. The predicted octanol–water partition coefficient (Wildman–Crippen LogP) is 2.43. The van der Waals surface area contributed by atoms with Crippen molar-refractivity contribution in [3.05, 3.63) is 59.4 Å². The highest BCUT2D eigenvalue weighted by atomic mass is 35.5. The number of halogens is 1. The fraction of sp³-hybridized carbons (Fsp3) is 0.368. The first-order chi connectivity index (χ1) is 11.8. The van der Waals surface area contributed by atoms with E-state index < -0.39 is 0 Å². The Morgan fingerprint density at radius 3 is 2.76 bits per heavy atom. The van der Waals surface area contributed by atoms with Crippen LogP contribution in [0.25, 0.3) is 0 Å². The van der Waals surface area contributed by atoms with Crippen molar-refractivity contribution in [2.24, 2.45) is 0 Å². The fourth-order valence-corrected chi connectivity index (χ4v) is 3.48. The van der Waals surface area contributed by atoms with Gasteiger partial charge in [0.15, 0.2) is 0 Å². The molecule has 0 aliphatic carbocycles. The molecule has 6 heteroatoms. The van der Waals surface area contributed by atoms with Gasteiger partial charge in [0.25, 0.3) is 5.91 Å². The first kappa shape index (κ1) is 17.7. The maximum absolute atomic E-state index is 12.7. The first-order valence-corrected chi connectivity index (χ1v) is 8.57. The molecule has 1 fully saturated rings. The minimum atomic E-state index is 0. The van der Waals surface area contributed by atoms with Crippen molar-refractivity contribution in [1.29, 1.82) is 0 Å². The summed E-state index contributed by atoms with van der Waals surface area (Å²) in [5.74, 6) is 0.158. The zero-order valence-corrected chi connectivity index (χ0v) is 15.0. The van der Waals surface area contributed by atoms with E-state index in [0.29, 0.717) is 0 Å². The van der Waals surface area contributed by atoms with Gasteiger partial charge in [-0.25, -0.2) is 0 Å². The quantitative estimate of drug-likeness (QED) is 0.915. The zero-order chi connectivity index (χ0) is 16.4. The van der Waals surface area contributed by atoms with E-state index in [0.717, 1.165) is 51.3 Å². The van der Waals surface area contributed by atoms with Crippen molar-refractivity contribution < 1.29 is 4.79 Å². The van der Waals surface area contributed by atoms with Crippen molar-refractivity contribution in [3.63, 3.8) is 0 Å². The molecule has 0 saturated carbocycles. The van der Waals surface area contributed by atoms with Gasteiger partial charge in [-0.05, 0) is 41.8 Å².